The number of benzene rings is 1. The van der Waals surface area contributed by atoms with E-state index in [2.05, 4.69) is 35.2 Å². The van der Waals surface area contributed by atoms with Gasteiger partial charge in [0.25, 0.3) is 0 Å². The number of hydrogen-bond donors (Lipinski definition) is 1. The molecule has 1 amide bonds. The van der Waals surface area contributed by atoms with Gasteiger partial charge >= 0.3 is 0 Å². The maximum absolute atomic E-state index is 13.3. The summed E-state index contributed by atoms with van der Waals surface area (Å²) in [6.07, 6.45) is 4.12. The van der Waals surface area contributed by atoms with E-state index in [1.54, 1.807) is 36.3 Å². The molecule has 4 nitrogen and oxygen atoms in total. The molecule has 1 unspecified atom stereocenters. The first-order valence-electron chi connectivity index (χ1n) is 9.96. The Kier molecular flexibility index (Phi) is 5.99. The fourth-order valence-corrected chi connectivity index (χ4v) is 6.27. The monoisotopic (exact) mass is 445 g/mol. The van der Waals surface area contributed by atoms with Gasteiger partial charge in [-0.15, -0.1) is 29.0 Å². The number of piperidine rings is 1. The van der Waals surface area contributed by atoms with Crippen molar-refractivity contribution in [3.63, 3.8) is 0 Å². The third kappa shape index (κ3) is 4.16. The molecule has 1 fully saturated rings. The van der Waals surface area contributed by atoms with Crippen LogP contribution in [0.5, 0.6) is 0 Å². The van der Waals surface area contributed by atoms with Crippen LogP contribution in [0, 0.1) is 17.3 Å². The Morgan fingerprint density at radius 2 is 2.00 bits per heavy atom. The maximum Gasteiger partial charge on any atom is 0.242 e. The van der Waals surface area contributed by atoms with Gasteiger partial charge in [-0.1, -0.05) is 31.0 Å². The molecule has 1 aromatic carbocycles. The van der Waals surface area contributed by atoms with Crippen LogP contribution in [0.2, 0.25) is 0 Å². The Labute approximate surface area is 191 Å². The summed E-state index contributed by atoms with van der Waals surface area (Å²) in [4.78, 5) is 21.2. The van der Waals surface area contributed by atoms with Crippen LogP contribution >= 0.6 is 23.1 Å². The van der Waals surface area contributed by atoms with Crippen molar-refractivity contribution in [2.75, 3.05) is 7.05 Å². The highest BCUT2D eigenvalue weighted by molar-refractivity contribution is 8.00. The van der Waals surface area contributed by atoms with Crippen molar-refractivity contribution in [2.24, 2.45) is 0 Å². The molecule has 156 valence electrons. The first-order valence-corrected chi connectivity index (χ1v) is 11.7. The van der Waals surface area contributed by atoms with Crippen molar-refractivity contribution in [1.29, 1.82) is 5.41 Å². The molecule has 2 atom stereocenters. The van der Waals surface area contributed by atoms with Gasteiger partial charge in [-0.2, -0.15) is 0 Å². The van der Waals surface area contributed by atoms with Gasteiger partial charge in [-0.25, -0.2) is 0 Å². The van der Waals surface area contributed by atoms with Crippen LogP contribution in [0.15, 0.2) is 65.1 Å². The number of thiophene rings is 1. The number of aromatic nitrogens is 1. The quantitative estimate of drug-likeness (QED) is 0.544. The number of rotatable bonds is 4. The van der Waals surface area contributed by atoms with E-state index in [0.29, 0.717) is 12.3 Å². The molecule has 3 aromatic rings. The highest BCUT2D eigenvalue weighted by atomic mass is 32.2. The smallest absolute Gasteiger partial charge is 0.242 e. The van der Waals surface area contributed by atoms with Gasteiger partial charge in [-0.05, 0) is 42.1 Å². The van der Waals surface area contributed by atoms with Crippen LogP contribution in [0.4, 0.5) is 0 Å². The second-order valence-electron chi connectivity index (χ2n) is 7.79. The van der Waals surface area contributed by atoms with Gasteiger partial charge in [0, 0.05) is 52.2 Å². The summed E-state index contributed by atoms with van der Waals surface area (Å²) in [7, 11) is 1.70. The molecule has 3 heterocycles. The average molecular weight is 446 g/mol. The van der Waals surface area contributed by atoms with Gasteiger partial charge in [0.2, 0.25) is 5.91 Å². The second-order valence-corrected chi connectivity index (χ2v) is 9.88. The van der Waals surface area contributed by atoms with Gasteiger partial charge < -0.3 is 4.90 Å². The SMILES string of the molecule is CC#Cc1cncc(-c2csc([C@@]3(C)CC(=N)N(C)C(=O)C3Sc3ccccc3)c2)c1. The number of likely N-dealkylation sites (tertiary alicyclic amines) is 1. The predicted molar refractivity (Wildman–Crippen MR) is 129 cm³/mol. The first kappa shape index (κ1) is 21.4. The second kappa shape index (κ2) is 8.70. The normalized spacial score (nSPS) is 21.0. The molecule has 0 bridgehead atoms. The molecule has 1 aliphatic heterocycles. The number of carbonyl (C=O) groups is 1. The van der Waals surface area contributed by atoms with Crippen molar-refractivity contribution in [3.8, 4) is 23.0 Å². The van der Waals surface area contributed by atoms with Crippen LogP contribution in [-0.2, 0) is 10.2 Å². The number of carbonyl (C=O) groups excluding carboxylic acids is 1. The molecular weight excluding hydrogens is 422 g/mol. The number of nitrogens with zero attached hydrogens (tertiary/aromatic N) is 2. The largest absolute Gasteiger partial charge is 0.303 e. The maximum atomic E-state index is 13.3. The van der Waals surface area contributed by atoms with Crippen LogP contribution < -0.4 is 0 Å². The lowest BCUT2D eigenvalue weighted by atomic mass is 9.77. The lowest BCUT2D eigenvalue weighted by Crippen LogP contribution is -2.55. The van der Waals surface area contributed by atoms with Gasteiger partial charge in [0.1, 0.15) is 5.84 Å². The van der Waals surface area contributed by atoms with Crippen LogP contribution in [-0.4, -0.2) is 33.9 Å². The first-order chi connectivity index (χ1) is 14.9. The topological polar surface area (TPSA) is 57.1 Å². The molecule has 0 aliphatic carbocycles. The standard InChI is InChI=1S/C25H23N3OS2/c1-4-8-17-11-18(15-27-14-17)19-12-21(30-16-19)25(2)13-22(26)28(3)24(29)23(25)31-20-9-6-5-7-10-20/h5-7,9-12,14-16,23,26H,13H2,1-3H3/t23?,25-/m1/s1. The Bertz CT molecular complexity index is 1190. The molecule has 0 saturated carbocycles. The van der Waals surface area contributed by atoms with Gasteiger partial charge in [0.15, 0.2) is 0 Å². The zero-order valence-corrected chi connectivity index (χ0v) is 19.3. The number of amides is 1. The molecular formula is C25H23N3OS2. The summed E-state index contributed by atoms with van der Waals surface area (Å²) in [6.45, 7) is 3.92. The van der Waals surface area contributed by atoms with Crippen LogP contribution in [0.3, 0.4) is 0 Å². The van der Waals surface area contributed by atoms with E-state index in [1.807, 2.05) is 49.5 Å². The predicted octanol–water partition coefficient (Wildman–Crippen LogP) is 5.44. The summed E-state index contributed by atoms with van der Waals surface area (Å²) < 4.78 is 0. The lowest BCUT2D eigenvalue weighted by Gasteiger charge is -2.43. The lowest BCUT2D eigenvalue weighted by molar-refractivity contribution is -0.128. The Hall–Kier alpha value is -2.88. The number of amidine groups is 1. The van der Waals surface area contributed by atoms with E-state index in [1.165, 1.54) is 4.90 Å². The van der Waals surface area contributed by atoms with E-state index in [9.17, 15) is 4.79 Å². The summed E-state index contributed by atoms with van der Waals surface area (Å²) in [6, 6.07) is 14.2. The summed E-state index contributed by atoms with van der Waals surface area (Å²) in [5.41, 5.74) is 2.48. The minimum absolute atomic E-state index is 0.0237. The van der Waals surface area contributed by atoms with Gasteiger partial charge in [0.05, 0.1) is 5.25 Å². The van der Waals surface area contributed by atoms with Crippen LogP contribution in [0.25, 0.3) is 11.1 Å². The van der Waals surface area contributed by atoms with Crippen molar-refractivity contribution in [3.05, 3.63) is 70.7 Å². The highest BCUT2D eigenvalue weighted by Crippen LogP contribution is 2.47. The Balaban J connectivity index is 1.73. The zero-order valence-electron chi connectivity index (χ0n) is 17.7. The minimum atomic E-state index is -0.474. The number of nitrogens with one attached hydrogen (secondary N) is 1. The number of thioether (sulfide) groups is 1. The van der Waals surface area contributed by atoms with Crippen molar-refractivity contribution in [1.82, 2.24) is 9.88 Å². The fourth-order valence-electron chi connectivity index (χ4n) is 3.77. The van der Waals surface area contributed by atoms with Crippen molar-refractivity contribution >= 4 is 34.8 Å². The van der Waals surface area contributed by atoms with E-state index >= 15 is 0 Å². The average Bonchev–Trinajstić information content (AvgIpc) is 3.28. The van der Waals surface area contributed by atoms with Gasteiger partial charge in [-0.3, -0.25) is 15.2 Å². The van der Waals surface area contributed by atoms with Crippen molar-refractivity contribution in [2.45, 2.75) is 35.8 Å². The van der Waals surface area contributed by atoms with E-state index < -0.39 is 5.41 Å². The molecule has 1 aliphatic rings. The summed E-state index contributed by atoms with van der Waals surface area (Å²) in [5, 5.41) is 10.2. The molecule has 4 rings (SSSR count). The van der Waals surface area contributed by atoms with E-state index in [0.717, 1.165) is 26.5 Å². The molecule has 0 radical (unpaired) electrons. The Morgan fingerprint density at radius 3 is 2.74 bits per heavy atom. The molecule has 0 spiro atoms. The number of hydrogen-bond acceptors (Lipinski definition) is 5. The third-order valence-corrected chi connectivity index (χ3v) is 8.29. The molecule has 6 heteroatoms. The summed E-state index contributed by atoms with van der Waals surface area (Å²) in [5.74, 6) is 6.30. The molecule has 2 aromatic heterocycles. The molecule has 1 saturated heterocycles. The Morgan fingerprint density at radius 1 is 1.23 bits per heavy atom. The fraction of sp³-hybridized carbons (Fsp3) is 0.240. The minimum Gasteiger partial charge on any atom is -0.303 e. The van der Waals surface area contributed by atoms with Crippen molar-refractivity contribution < 1.29 is 4.79 Å². The molecule has 31 heavy (non-hydrogen) atoms. The van der Waals surface area contributed by atoms with E-state index in [4.69, 9.17) is 5.41 Å². The zero-order chi connectivity index (χ0) is 22.0. The molecule has 1 N–H and O–H groups in total. The van der Waals surface area contributed by atoms with E-state index in [-0.39, 0.29) is 11.2 Å². The summed E-state index contributed by atoms with van der Waals surface area (Å²) >= 11 is 3.23. The number of pyridine rings is 1. The third-order valence-electron chi connectivity index (χ3n) is 5.57. The highest BCUT2D eigenvalue weighted by Gasteiger charge is 2.49. The van der Waals surface area contributed by atoms with Crippen LogP contribution in [0.1, 0.15) is 30.7 Å².